The summed E-state index contributed by atoms with van der Waals surface area (Å²) in [5.74, 6) is 0.512. The zero-order valence-corrected chi connectivity index (χ0v) is 11.9. The fourth-order valence-corrected chi connectivity index (χ4v) is 2.92. The van der Waals surface area contributed by atoms with Gasteiger partial charge in [0.05, 0.1) is 17.1 Å². The molecule has 0 spiro atoms. The SMILES string of the molecule is CC1CCCC(CO)(Nc2nc(Cl)ncc2[N+](=O)[O-])C1. The molecule has 2 rings (SSSR count). The Morgan fingerprint density at radius 3 is 3.05 bits per heavy atom. The van der Waals surface area contributed by atoms with Gasteiger partial charge in [0.15, 0.2) is 0 Å². The van der Waals surface area contributed by atoms with Gasteiger partial charge in [0.1, 0.15) is 6.20 Å². The molecule has 1 aromatic rings. The number of anilines is 1. The normalized spacial score (nSPS) is 26.2. The lowest BCUT2D eigenvalue weighted by Crippen LogP contribution is -2.46. The van der Waals surface area contributed by atoms with Crippen LogP contribution >= 0.6 is 11.6 Å². The number of aliphatic hydroxyl groups excluding tert-OH is 1. The molecular formula is C12H17ClN4O3. The fraction of sp³-hybridized carbons (Fsp3) is 0.667. The van der Waals surface area contributed by atoms with Crippen LogP contribution in [0.4, 0.5) is 11.5 Å². The second kappa shape index (κ2) is 5.88. The summed E-state index contributed by atoms with van der Waals surface area (Å²) in [6.07, 6.45) is 4.61. The predicted molar refractivity (Wildman–Crippen MR) is 74.8 cm³/mol. The van der Waals surface area contributed by atoms with Crippen LogP contribution < -0.4 is 5.32 Å². The average Bonchev–Trinajstić information content (AvgIpc) is 2.38. The third-order valence-electron chi connectivity index (χ3n) is 3.71. The Balaban J connectivity index is 2.31. The summed E-state index contributed by atoms with van der Waals surface area (Å²) in [5, 5.41) is 23.7. The summed E-state index contributed by atoms with van der Waals surface area (Å²) in [5.41, 5.74) is -0.819. The highest BCUT2D eigenvalue weighted by Gasteiger charge is 2.36. The van der Waals surface area contributed by atoms with E-state index in [4.69, 9.17) is 11.6 Å². The van der Waals surface area contributed by atoms with E-state index >= 15 is 0 Å². The number of hydrogen-bond acceptors (Lipinski definition) is 6. The van der Waals surface area contributed by atoms with Crippen LogP contribution in [0.1, 0.15) is 32.6 Å². The van der Waals surface area contributed by atoms with Crippen molar-refractivity contribution < 1.29 is 10.0 Å². The van der Waals surface area contributed by atoms with Crippen LogP contribution in [-0.2, 0) is 0 Å². The Morgan fingerprint density at radius 1 is 1.70 bits per heavy atom. The Labute approximate surface area is 121 Å². The first kappa shape index (κ1) is 14.9. The van der Waals surface area contributed by atoms with Gasteiger partial charge in [-0.1, -0.05) is 19.8 Å². The van der Waals surface area contributed by atoms with Crippen molar-refractivity contribution in [3.8, 4) is 0 Å². The Kier molecular flexibility index (Phi) is 4.39. The lowest BCUT2D eigenvalue weighted by Gasteiger charge is -2.39. The van der Waals surface area contributed by atoms with Gasteiger partial charge in [0.25, 0.3) is 0 Å². The molecule has 0 aromatic carbocycles. The number of halogens is 1. The van der Waals surface area contributed by atoms with Gasteiger partial charge in [-0.15, -0.1) is 0 Å². The lowest BCUT2D eigenvalue weighted by molar-refractivity contribution is -0.384. The topological polar surface area (TPSA) is 101 Å². The maximum absolute atomic E-state index is 11.0. The van der Waals surface area contributed by atoms with Crippen LogP contribution in [-0.4, -0.2) is 32.1 Å². The van der Waals surface area contributed by atoms with Gasteiger partial charge in [-0.3, -0.25) is 10.1 Å². The summed E-state index contributed by atoms with van der Waals surface area (Å²) >= 11 is 5.71. The molecule has 20 heavy (non-hydrogen) atoms. The van der Waals surface area contributed by atoms with E-state index in [2.05, 4.69) is 22.2 Å². The van der Waals surface area contributed by atoms with E-state index in [-0.39, 0.29) is 23.4 Å². The summed E-state index contributed by atoms with van der Waals surface area (Å²) in [7, 11) is 0. The van der Waals surface area contributed by atoms with Crippen LogP contribution in [0.25, 0.3) is 0 Å². The van der Waals surface area contributed by atoms with Crippen molar-refractivity contribution in [1.29, 1.82) is 0 Å². The highest BCUT2D eigenvalue weighted by molar-refractivity contribution is 6.28. The minimum absolute atomic E-state index is 0.0601. The molecule has 1 heterocycles. The molecule has 2 N–H and O–H groups in total. The molecule has 7 nitrogen and oxygen atoms in total. The van der Waals surface area contributed by atoms with Crippen molar-refractivity contribution in [3.63, 3.8) is 0 Å². The van der Waals surface area contributed by atoms with Gasteiger partial charge >= 0.3 is 5.69 Å². The Hall–Kier alpha value is -1.47. The van der Waals surface area contributed by atoms with E-state index < -0.39 is 10.5 Å². The van der Waals surface area contributed by atoms with Crippen LogP contribution in [0.2, 0.25) is 5.28 Å². The Morgan fingerprint density at radius 2 is 2.45 bits per heavy atom. The summed E-state index contributed by atoms with van der Waals surface area (Å²) in [4.78, 5) is 18.0. The number of nitro groups is 1. The van der Waals surface area contributed by atoms with Crippen molar-refractivity contribution in [2.45, 2.75) is 38.1 Å². The second-order valence-electron chi connectivity index (χ2n) is 5.39. The van der Waals surface area contributed by atoms with Crippen LogP contribution in [0.15, 0.2) is 6.20 Å². The number of nitrogens with one attached hydrogen (secondary N) is 1. The molecular weight excluding hydrogens is 284 g/mol. The standard InChI is InChI=1S/C12H17ClN4O3/c1-8-3-2-4-12(5-8,7-18)16-10-9(17(19)20)6-14-11(13)15-10/h6,8,18H,2-5,7H2,1H3,(H,14,15,16). The van der Waals surface area contributed by atoms with E-state index in [0.29, 0.717) is 5.92 Å². The number of aromatic nitrogens is 2. The number of nitrogens with zero attached hydrogens (tertiary/aromatic N) is 3. The van der Waals surface area contributed by atoms with Crippen LogP contribution in [0, 0.1) is 16.0 Å². The van der Waals surface area contributed by atoms with Gasteiger partial charge in [-0.25, -0.2) is 4.98 Å². The van der Waals surface area contributed by atoms with Gasteiger partial charge in [-0.2, -0.15) is 4.98 Å². The summed E-state index contributed by atoms with van der Waals surface area (Å²) in [6, 6.07) is 0. The molecule has 0 radical (unpaired) electrons. The molecule has 1 aromatic heterocycles. The first-order valence-electron chi connectivity index (χ1n) is 6.52. The van der Waals surface area contributed by atoms with Gasteiger partial charge in [0.2, 0.25) is 11.1 Å². The van der Waals surface area contributed by atoms with E-state index in [1.807, 2.05) is 0 Å². The number of hydrogen-bond donors (Lipinski definition) is 2. The largest absolute Gasteiger partial charge is 0.394 e. The van der Waals surface area contributed by atoms with E-state index in [9.17, 15) is 15.2 Å². The highest BCUT2D eigenvalue weighted by Crippen LogP contribution is 2.36. The minimum atomic E-state index is -0.583. The smallest absolute Gasteiger partial charge is 0.329 e. The van der Waals surface area contributed by atoms with Crippen LogP contribution in [0.5, 0.6) is 0 Å². The molecule has 8 heteroatoms. The van der Waals surface area contributed by atoms with Crippen molar-refractivity contribution in [2.75, 3.05) is 11.9 Å². The molecule has 110 valence electrons. The summed E-state index contributed by atoms with van der Waals surface area (Å²) in [6.45, 7) is 2.00. The fourth-order valence-electron chi connectivity index (χ4n) is 2.79. The molecule has 0 aliphatic heterocycles. The van der Waals surface area contributed by atoms with E-state index in [1.165, 1.54) is 0 Å². The monoisotopic (exact) mass is 300 g/mol. The Bertz CT molecular complexity index is 513. The van der Waals surface area contributed by atoms with Crippen molar-refractivity contribution in [3.05, 3.63) is 21.6 Å². The van der Waals surface area contributed by atoms with Gasteiger partial charge in [0, 0.05) is 0 Å². The molecule has 0 amide bonds. The molecule has 0 bridgehead atoms. The van der Waals surface area contributed by atoms with Crippen molar-refractivity contribution in [1.82, 2.24) is 9.97 Å². The van der Waals surface area contributed by atoms with E-state index in [1.54, 1.807) is 0 Å². The van der Waals surface area contributed by atoms with Crippen molar-refractivity contribution in [2.24, 2.45) is 5.92 Å². The maximum Gasteiger partial charge on any atom is 0.329 e. The first-order valence-corrected chi connectivity index (χ1v) is 6.89. The van der Waals surface area contributed by atoms with Gasteiger partial charge in [-0.05, 0) is 30.4 Å². The van der Waals surface area contributed by atoms with Gasteiger partial charge < -0.3 is 10.4 Å². The van der Waals surface area contributed by atoms with Crippen LogP contribution in [0.3, 0.4) is 0 Å². The third kappa shape index (κ3) is 3.16. The van der Waals surface area contributed by atoms with Crippen molar-refractivity contribution >= 4 is 23.1 Å². The van der Waals surface area contributed by atoms with E-state index in [0.717, 1.165) is 31.9 Å². The number of rotatable bonds is 4. The minimum Gasteiger partial charge on any atom is -0.394 e. The second-order valence-corrected chi connectivity index (χ2v) is 5.73. The average molecular weight is 301 g/mol. The molecule has 1 aliphatic carbocycles. The molecule has 0 saturated heterocycles. The maximum atomic E-state index is 11.0. The highest BCUT2D eigenvalue weighted by atomic mass is 35.5. The number of aliphatic hydroxyl groups is 1. The zero-order chi connectivity index (χ0) is 14.8. The molecule has 1 fully saturated rings. The molecule has 2 unspecified atom stereocenters. The third-order valence-corrected chi connectivity index (χ3v) is 3.90. The summed E-state index contributed by atoms with van der Waals surface area (Å²) < 4.78 is 0. The molecule has 2 atom stereocenters. The molecule has 1 aliphatic rings. The quantitative estimate of drug-likeness (QED) is 0.503. The zero-order valence-electron chi connectivity index (χ0n) is 11.2. The predicted octanol–water partition coefficient (Wildman–Crippen LogP) is 2.39. The first-order chi connectivity index (χ1) is 9.46. The lowest BCUT2D eigenvalue weighted by atomic mass is 9.77. The molecule has 1 saturated carbocycles.